The Labute approximate surface area is 196 Å². The monoisotopic (exact) mass is 489 g/mol. The molecule has 0 saturated heterocycles. The first-order valence-electron chi connectivity index (χ1n) is 9.97. The third-order valence-corrected chi connectivity index (χ3v) is 6.38. The highest BCUT2D eigenvalue weighted by atomic mass is 32.1. The average Bonchev–Trinajstić information content (AvgIpc) is 3.29. The molecule has 1 aliphatic heterocycles. The molecule has 2 N–H and O–H groups in total. The van der Waals surface area contributed by atoms with Crippen LogP contribution in [0.5, 0.6) is 5.88 Å². The lowest BCUT2D eigenvalue weighted by Gasteiger charge is -2.10. The number of alkyl halides is 3. The second-order valence-electron chi connectivity index (χ2n) is 7.31. The number of carbonyl (C=O) groups excluding carboxylic acids is 1. The molecule has 10 heteroatoms. The maximum Gasteiger partial charge on any atom is 0.416 e. The van der Waals surface area contributed by atoms with E-state index < -0.39 is 17.6 Å². The van der Waals surface area contributed by atoms with E-state index in [4.69, 9.17) is 12.2 Å². The zero-order valence-electron chi connectivity index (χ0n) is 17.1. The summed E-state index contributed by atoms with van der Waals surface area (Å²) in [7, 11) is 0. The number of para-hydroxylation sites is 1. The van der Waals surface area contributed by atoms with E-state index in [9.17, 15) is 23.1 Å². The van der Waals surface area contributed by atoms with Gasteiger partial charge in [-0.15, -0.1) is 11.3 Å². The SMILES string of the molecule is O=C(CCCn1c(O)c(/C=C2\C=Nc3ccccc32)sc1=S)Nc1cccc(C(F)(F)F)c1. The van der Waals surface area contributed by atoms with E-state index in [-0.39, 0.29) is 18.0 Å². The molecule has 0 radical (unpaired) electrons. The molecule has 0 atom stereocenters. The third kappa shape index (κ3) is 5.23. The standard InChI is InChI=1S/C23H18F3N3O2S2/c24-23(25,26)15-5-3-6-16(12-15)28-20(30)9-4-10-29-21(31)19(33-22(29)32)11-14-13-27-18-8-2-1-7-17(14)18/h1-3,5-8,11-13,31H,4,9-10H2,(H,28,30)/b14-11+. The van der Waals surface area contributed by atoms with Crippen molar-refractivity contribution in [3.63, 3.8) is 0 Å². The van der Waals surface area contributed by atoms with Crippen LogP contribution in [0.3, 0.4) is 0 Å². The van der Waals surface area contributed by atoms with Gasteiger partial charge in [-0.05, 0) is 49.0 Å². The number of anilines is 1. The third-order valence-electron chi connectivity index (χ3n) is 5.00. The number of amides is 1. The minimum Gasteiger partial charge on any atom is -0.493 e. The molecular formula is C23H18F3N3O2S2. The van der Waals surface area contributed by atoms with Crippen molar-refractivity contribution in [3.05, 3.63) is 68.5 Å². The first kappa shape index (κ1) is 22.9. The second kappa shape index (κ2) is 9.32. The number of carbonyl (C=O) groups is 1. The van der Waals surface area contributed by atoms with Gasteiger partial charge in [-0.1, -0.05) is 24.3 Å². The fraction of sp³-hybridized carbons (Fsp3) is 0.174. The van der Waals surface area contributed by atoms with Gasteiger partial charge in [-0.25, -0.2) is 0 Å². The predicted octanol–water partition coefficient (Wildman–Crippen LogP) is 6.68. The molecule has 1 aliphatic rings. The lowest BCUT2D eigenvalue weighted by Crippen LogP contribution is -2.13. The highest BCUT2D eigenvalue weighted by molar-refractivity contribution is 7.73. The van der Waals surface area contributed by atoms with Crippen LogP contribution >= 0.6 is 23.6 Å². The van der Waals surface area contributed by atoms with E-state index in [2.05, 4.69) is 10.3 Å². The number of rotatable bonds is 6. The highest BCUT2D eigenvalue weighted by Crippen LogP contribution is 2.36. The Balaban J connectivity index is 1.39. The van der Waals surface area contributed by atoms with Crippen LogP contribution in [0.25, 0.3) is 11.6 Å². The fourth-order valence-electron chi connectivity index (χ4n) is 3.40. The molecule has 33 heavy (non-hydrogen) atoms. The van der Waals surface area contributed by atoms with Gasteiger partial charge in [-0.2, -0.15) is 13.2 Å². The summed E-state index contributed by atoms with van der Waals surface area (Å²) >= 11 is 6.61. The number of thiazole rings is 1. The van der Waals surface area contributed by atoms with Gasteiger partial charge in [0.2, 0.25) is 11.8 Å². The molecule has 5 nitrogen and oxygen atoms in total. The highest BCUT2D eigenvalue weighted by Gasteiger charge is 2.30. The van der Waals surface area contributed by atoms with Gasteiger partial charge in [0.25, 0.3) is 0 Å². The molecule has 0 unspecified atom stereocenters. The number of hydrogen-bond donors (Lipinski definition) is 2. The van der Waals surface area contributed by atoms with Crippen LogP contribution < -0.4 is 5.32 Å². The van der Waals surface area contributed by atoms with Crippen LogP contribution in [0.1, 0.15) is 28.8 Å². The molecule has 170 valence electrons. The summed E-state index contributed by atoms with van der Waals surface area (Å²) in [6, 6.07) is 12.2. The number of aliphatic imine (C=N–C) groups is 1. The van der Waals surface area contributed by atoms with E-state index in [1.165, 1.54) is 23.5 Å². The Kier molecular flexibility index (Phi) is 6.48. The Morgan fingerprint density at radius 3 is 2.79 bits per heavy atom. The maximum absolute atomic E-state index is 12.8. The summed E-state index contributed by atoms with van der Waals surface area (Å²) in [6.07, 6.45) is -0.516. The van der Waals surface area contributed by atoms with Crippen molar-refractivity contribution in [3.8, 4) is 5.88 Å². The van der Waals surface area contributed by atoms with Crippen molar-refractivity contribution in [2.75, 3.05) is 5.32 Å². The molecule has 0 fully saturated rings. The fourth-order valence-corrected chi connectivity index (χ4v) is 4.71. The van der Waals surface area contributed by atoms with Crippen LogP contribution in [0, 0.1) is 3.95 Å². The van der Waals surface area contributed by atoms with E-state index in [1.54, 1.807) is 10.8 Å². The number of fused-ring (bicyclic) bond motifs is 1. The lowest BCUT2D eigenvalue weighted by atomic mass is 10.1. The minimum atomic E-state index is -4.48. The van der Waals surface area contributed by atoms with Crippen LogP contribution in [0.4, 0.5) is 24.5 Å². The van der Waals surface area contributed by atoms with Crippen LogP contribution in [0.15, 0.2) is 53.5 Å². The molecular weight excluding hydrogens is 471 g/mol. The largest absolute Gasteiger partial charge is 0.493 e. The van der Waals surface area contributed by atoms with Gasteiger partial charge >= 0.3 is 6.18 Å². The number of allylic oxidation sites excluding steroid dienone is 1. The molecule has 3 aromatic rings. The van der Waals surface area contributed by atoms with Gasteiger partial charge in [0, 0.05) is 36.0 Å². The van der Waals surface area contributed by atoms with Crippen molar-refractivity contribution in [1.82, 2.24) is 4.57 Å². The number of nitrogens with zero attached hydrogens (tertiary/aromatic N) is 2. The zero-order chi connectivity index (χ0) is 23.6. The van der Waals surface area contributed by atoms with E-state index in [0.717, 1.165) is 29.0 Å². The van der Waals surface area contributed by atoms with Crippen molar-refractivity contribution in [2.45, 2.75) is 25.6 Å². The summed E-state index contributed by atoms with van der Waals surface area (Å²) in [6.45, 7) is 0.297. The summed E-state index contributed by atoms with van der Waals surface area (Å²) in [5, 5.41) is 13.1. The molecule has 2 heterocycles. The number of halogens is 3. The lowest BCUT2D eigenvalue weighted by molar-refractivity contribution is -0.137. The van der Waals surface area contributed by atoms with E-state index in [1.807, 2.05) is 30.3 Å². The topological polar surface area (TPSA) is 66.6 Å². The number of hydrogen-bond acceptors (Lipinski definition) is 5. The molecule has 0 saturated carbocycles. The average molecular weight is 490 g/mol. The Morgan fingerprint density at radius 2 is 2.00 bits per heavy atom. The smallest absolute Gasteiger partial charge is 0.416 e. The number of nitrogens with one attached hydrogen (secondary N) is 1. The summed E-state index contributed by atoms with van der Waals surface area (Å²) in [4.78, 5) is 17.1. The molecule has 0 bridgehead atoms. The van der Waals surface area contributed by atoms with E-state index in [0.29, 0.717) is 21.8 Å². The maximum atomic E-state index is 12.8. The van der Waals surface area contributed by atoms with Crippen LogP contribution in [0.2, 0.25) is 0 Å². The Morgan fingerprint density at radius 1 is 1.21 bits per heavy atom. The van der Waals surface area contributed by atoms with Crippen molar-refractivity contribution in [1.29, 1.82) is 0 Å². The van der Waals surface area contributed by atoms with Gasteiger partial charge in [0.15, 0.2) is 3.95 Å². The first-order chi connectivity index (χ1) is 15.7. The Hall–Kier alpha value is -3.24. The van der Waals surface area contributed by atoms with Crippen molar-refractivity contribution < 1.29 is 23.1 Å². The van der Waals surface area contributed by atoms with E-state index >= 15 is 0 Å². The van der Waals surface area contributed by atoms with Gasteiger partial charge < -0.3 is 10.4 Å². The molecule has 0 aliphatic carbocycles. The van der Waals surface area contributed by atoms with Gasteiger partial charge in [-0.3, -0.25) is 14.4 Å². The summed E-state index contributed by atoms with van der Waals surface area (Å²) in [5.74, 6) is -0.412. The van der Waals surface area contributed by atoms with Crippen molar-refractivity contribution >= 4 is 58.7 Å². The Bertz CT molecular complexity index is 1320. The molecule has 2 aromatic carbocycles. The number of aromatic hydroxyl groups is 1. The summed E-state index contributed by atoms with van der Waals surface area (Å²) in [5.41, 5.74) is 1.94. The number of benzene rings is 2. The van der Waals surface area contributed by atoms with Crippen LogP contribution in [-0.2, 0) is 17.5 Å². The normalized spacial score (nSPS) is 14.0. The molecule has 1 aromatic heterocycles. The van der Waals surface area contributed by atoms with Crippen LogP contribution in [-0.4, -0.2) is 21.8 Å². The van der Waals surface area contributed by atoms with Crippen molar-refractivity contribution in [2.24, 2.45) is 4.99 Å². The summed E-state index contributed by atoms with van der Waals surface area (Å²) < 4.78 is 40.4. The minimum absolute atomic E-state index is 0.00793. The molecule has 1 amide bonds. The number of aromatic nitrogens is 1. The molecule has 4 rings (SSSR count). The van der Waals surface area contributed by atoms with Gasteiger partial charge in [0.05, 0.1) is 16.1 Å². The first-order valence-corrected chi connectivity index (χ1v) is 11.2. The second-order valence-corrected chi connectivity index (χ2v) is 8.99. The predicted molar refractivity (Wildman–Crippen MR) is 127 cm³/mol. The zero-order valence-corrected chi connectivity index (χ0v) is 18.7. The quantitative estimate of drug-likeness (QED) is 0.380. The molecule has 0 spiro atoms. The van der Waals surface area contributed by atoms with Gasteiger partial charge in [0.1, 0.15) is 0 Å².